The first kappa shape index (κ1) is 10.7. The molecule has 0 spiro atoms. The van der Waals surface area contributed by atoms with Crippen molar-refractivity contribution in [3.63, 3.8) is 0 Å². The molecule has 0 heterocycles. The molecule has 0 saturated heterocycles. The van der Waals surface area contributed by atoms with Crippen LogP contribution in [0.3, 0.4) is 0 Å². The minimum Gasteiger partial charge on any atom is -0.478 e. The second kappa shape index (κ2) is 5.40. The number of carboxylic acid groups (broad SMARTS) is 1. The van der Waals surface area contributed by atoms with Crippen molar-refractivity contribution in [1.29, 1.82) is 0 Å². The van der Waals surface area contributed by atoms with Crippen LogP contribution in [0.4, 0.5) is 0 Å². The maximum atomic E-state index is 10.6. The number of nitrogens with one attached hydrogen (secondary N) is 1. The fourth-order valence-electron chi connectivity index (χ4n) is 1.22. The minimum absolute atomic E-state index is 0.345. The van der Waals surface area contributed by atoms with E-state index in [2.05, 4.69) is 12.2 Å². The molecule has 0 unspecified atom stereocenters. The summed E-state index contributed by atoms with van der Waals surface area (Å²) >= 11 is 0. The number of rotatable bonds is 5. The van der Waals surface area contributed by atoms with E-state index >= 15 is 0 Å². The van der Waals surface area contributed by atoms with Crippen molar-refractivity contribution in [2.45, 2.75) is 13.3 Å². The Morgan fingerprint density at radius 2 is 2.00 bits per heavy atom. The molecule has 1 aromatic rings. The summed E-state index contributed by atoms with van der Waals surface area (Å²) in [7, 11) is 0. The molecule has 0 saturated carbocycles. The van der Waals surface area contributed by atoms with Gasteiger partial charge in [-0.15, -0.1) is 0 Å². The van der Waals surface area contributed by atoms with E-state index in [1.165, 1.54) is 0 Å². The molecule has 0 aliphatic carbocycles. The first-order valence-electron chi connectivity index (χ1n) is 4.77. The first-order chi connectivity index (χ1) is 6.74. The van der Waals surface area contributed by atoms with Gasteiger partial charge in [-0.1, -0.05) is 19.1 Å². The van der Waals surface area contributed by atoms with Crippen LogP contribution in [0.5, 0.6) is 0 Å². The average molecular weight is 193 g/mol. The molecule has 0 atom stereocenters. The van der Waals surface area contributed by atoms with E-state index in [4.69, 9.17) is 5.11 Å². The number of likely N-dealkylation sites (N-methyl/N-ethyl adjacent to an activating group) is 1. The highest BCUT2D eigenvalue weighted by Crippen LogP contribution is 2.04. The summed E-state index contributed by atoms with van der Waals surface area (Å²) in [6, 6.07) is 7.01. The molecule has 0 bridgehead atoms. The van der Waals surface area contributed by atoms with Crippen molar-refractivity contribution < 1.29 is 9.90 Å². The van der Waals surface area contributed by atoms with Crippen LogP contribution in [0.25, 0.3) is 0 Å². The molecule has 3 nitrogen and oxygen atoms in total. The van der Waals surface area contributed by atoms with E-state index in [0.29, 0.717) is 5.56 Å². The fraction of sp³-hybridized carbons (Fsp3) is 0.364. The minimum atomic E-state index is -0.872. The molecule has 0 fully saturated rings. The molecule has 0 aliphatic heterocycles. The van der Waals surface area contributed by atoms with Crippen molar-refractivity contribution >= 4 is 5.97 Å². The Morgan fingerprint density at radius 1 is 1.36 bits per heavy atom. The van der Waals surface area contributed by atoms with E-state index in [1.54, 1.807) is 12.1 Å². The molecular formula is C11H15NO2. The van der Waals surface area contributed by atoms with E-state index < -0.39 is 5.97 Å². The van der Waals surface area contributed by atoms with E-state index in [-0.39, 0.29) is 0 Å². The molecule has 1 rings (SSSR count). The zero-order valence-corrected chi connectivity index (χ0v) is 8.29. The van der Waals surface area contributed by atoms with Gasteiger partial charge in [-0.2, -0.15) is 0 Å². The Hall–Kier alpha value is -1.35. The van der Waals surface area contributed by atoms with Crippen LogP contribution in [0, 0.1) is 0 Å². The van der Waals surface area contributed by atoms with E-state index in [0.717, 1.165) is 25.1 Å². The second-order valence-corrected chi connectivity index (χ2v) is 3.11. The molecule has 2 N–H and O–H groups in total. The van der Waals surface area contributed by atoms with Gasteiger partial charge in [0.05, 0.1) is 5.56 Å². The molecule has 0 amide bonds. The number of aromatic carboxylic acids is 1. The molecule has 14 heavy (non-hydrogen) atoms. The van der Waals surface area contributed by atoms with Gasteiger partial charge >= 0.3 is 5.97 Å². The smallest absolute Gasteiger partial charge is 0.335 e. The van der Waals surface area contributed by atoms with Crippen LogP contribution < -0.4 is 5.32 Å². The SMILES string of the molecule is CCNCCc1ccc(C(=O)O)cc1. The van der Waals surface area contributed by atoms with Gasteiger partial charge in [0.15, 0.2) is 0 Å². The Bertz CT molecular complexity index is 293. The fourth-order valence-corrected chi connectivity index (χ4v) is 1.22. The molecule has 0 aliphatic rings. The summed E-state index contributed by atoms with van der Waals surface area (Å²) in [6.07, 6.45) is 0.938. The third kappa shape index (κ3) is 3.18. The van der Waals surface area contributed by atoms with Gasteiger partial charge in [-0.3, -0.25) is 0 Å². The number of benzene rings is 1. The molecule has 3 heteroatoms. The van der Waals surface area contributed by atoms with Gasteiger partial charge < -0.3 is 10.4 Å². The highest BCUT2D eigenvalue weighted by molar-refractivity contribution is 5.87. The summed E-state index contributed by atoms with van der Waals surface area (Å²) < 4.78 is 0. The maximum absolute atomic E-state index is 10.6. The summed E-state index contributed by atoms with van der Waals surface area (Å²) in [4.78, 5) is 10.6. The normalized spacial score (nSPS) is 10.1. The number of carbonyl (C=O) groups is 1. The molecular weight excluding hydrogens is 178 g/mol. The standard InChI is InChI=1S/C11H15NO2/c1-2-12-8-7-9-3-5-10(6-4-9)11(13)14/h3-6,12H,2,7-8H2,1H3,(H,13,14). The summed E-state index contributed by atoms with van der Waals surface area (Å²) in [5.74, 6) is -0.872. The van der Waals surface area contributed by atoms with E-state index in [9.17, 15) is 4.79 Å². The third-order valence-electron chi connectivity index (χ3n) is 2.04. The number of hydrogen-bond acceptors (Lipinski definition) is 2. The van der Waals surface area contributed by atoms with Gasteiger partial charge in [0.25, 0.3) is 0 Å². The quantitative estimate of drug-likeness (QED) is 0.697. The van der Waals surface area contributed by atoms with Crippen molar-refractivity contribution in [3.05, 3.63) is 35.4 Å². The van der Waals surface area contributed by atoms with E-state index in [1.807, 2.05) is 12.1 Å². The Labute approximate surface area is 83.8 Å². The molecule has 0 aromatic heterocycles. The molecule has 1 aromatic carbocycles. The third-order valence-corrected chi connectivity index (χ3v) is 2.04. The lowest BCUT2D eigenvalue weighted by molar-refractivity contribution is 0.0697. The van der Waals surface area contributed by atoms with Crippen LogP contribution in [-0.2, 0) is 6.42 Å². The summed E-state index contributed by atoms with van der Waals surface area (Å²) in [6.45, 7) is 3.96. The lowest BCUT2D eigenvalue weighted by Crippen LogP contribution is -2.16. The van der Waals surface area contributed by atoms with Gasteiger partial charge in [-0.25, -0.2) is 4.79 Å². The number of hydrogen-bond donors (Lipinski definition) is 2. The predicted octanol–water partition coefficient (Wildman–Crippen LogP) is 1.54. The largest absolute Gasteiger partial charge is 0.478 e. The summed E-state index contributed by atoms with van der Waals surface area (Å²) in [5.41, 5.74) is 1.51. The molecule has 0 radical (unpaired) electrons. The Morgan fingerprint density at radius 3 is 2.50 bits per heavy atom. The van der Waals surface area contributed by atoms with Crippen LogP contribution in [0.15, 0.2) is 24.3 Å². The Balaban J connectivity index is 2.51. The summed E-state index contributed by atoms with van der Waals surface area (Å²) in [5, 5.41) is 11.9. The van der Waals surface area contributed by atoms with Gasteiger partial charge in [-0.05, 0) is 37.2 Å². The topological polar surface area (TPSA) is 49.3 Å². The van der Waals surface area contributed by atoms with Crippen LogP contribution >= 0.6 is 0 Å². The van der Waals surface area contributed by atoms with Gasteiger partial charge in [0, 0.05) is 0 Å². The lowest BCUT2D eigenvalue weighted by atomic mass is 10.1. The highest BCUT2D eigenvalue weighted by Gasteiger charge is 2.00. The monoisotopic (exact) mass is 193 g/mol. The van der Waals surface area contributed by atoms with Crippen LogP contribution in [0.2, 0.25) is 0 Å². The average Bonchev–Trinajstić information content (AvgIpc) is 2.19. The van der Waals surface area contributed by atoms with Gasteiger partial charge in [0.2, 0.25) is 0 Å². The lowest BCUT2D eigenvalue weighted by Gasteiger charge is -2.02. The van der Waals surface area contributed by atoms with Crippen LogP contribution in [-0.4, -0.2) is 24.2 Å². The second-order valence-electron chi connectivity index (χ2n) is 3.11. The highest BCUT2D eigenvalue weighted by atomic mass is 16.4. The number of carboxylic acids is 1. The van der Waals surface area contributed by atoms with Crippen molar-refractivity contribution in [2.75, 3.05) is 13.1 Å². The zero-order valence-electron chi connectivity index (χ0n) is 8.29. The van der Waals surface area contributed by atoms with Crippen molar-refractivity contribution in [3.8, 4) is 0 Å². The van der Waals surface area contributed by atoms with Crippen molar-refractivity contribution in [2.24, 2.45) is 0 Å². The molecule has 76 valence electrons. The van der Waals surface area contributed by atoms with Gasteiger partial charge in [0.1, 0.15) is 0 Å². The maximum Gasteiger partial charge on any atom is 0.335 e. The first-order valence-corrected chi connectivity index (χ1v) is 4.77. The zero-order chi connectivity index (χ0) is 10.4. The Kier molecular flexibility index (Phi) is 4.13. The van der Waals surface area contributed by atoms with Crippen molar-refractivity contribution in [1.82, 2.24) is 5.32 Å². The predicted molar refractivity (Wildman–Crippen MR) is 55.6 cm³/mol. The van der Waals surface area contributed by atoms with Crippen LogP contribution in [0.1, 0.15) is 22.8 Å².